The molecule has 186 valence electrons. The number of hydrogen-bond acceptors (Lipinski definition) is 7. The van der Waals surface area contributed by atoms with Crippen molar-refractivity contribution in [3.8, 4) is 6.07 Å². The van der Waals surface area contributed by atoms with Gasteiger partial charge in [0, 0.05) is 51.5 Å². The number of hydrogen-bond donors (Lipinski definition) is 1. The number of carbonyl (C=O) groups excluding carboxylic acids is 1. The topological polar surface area (TPSA) is 106 Å². The van der Waals surface area contributed by atoms with Crippen LogP contribution in [0.25, 0.3) is 0 Å². The molecule has 2 saturated heterocycles. The summed E-state index contributed by atoms with van der Waals surface area (Å²) in [4.78, 5) is 17.2. The standard InChI is InChI=1S/C25H31N5O4S/c26-18-21-2-6-23(7-3-21)29-11-1-10-28(12-13-29)20-25(31)27-19-22-4-8-24(9-5-22)35(32,33)30-14-16-34-17-15-30/h2-9H,1,10-17,19-20H2,(H,27,31). The van der Waals surface area contributed by atoms with Crippen molar-refractivity contribution in [2.45, 2.75) is 17.9 Å². The zero-order valence-electron chi connectivity index (χ0n) is 19.7. The van der Waals surface area contributed by atoms with Crippen LogP contribution in [0.4, 0.5) is 5.69 Å². The van der Waals surface area contributed by atoms with Crippen LogP contribution in [-0.2, 0) is 26.1 Å². The van der Waals surface area contributed by atoms with E-state index >= 15 is 0 Å². The number of rotatable bonds is 7. The molecular formula is C25H31N5O4S. The maximum absolute atomic E-state index is 12.7. The van der Waals surface area contributed by atoms with Gasteiger partial charge in [0.25, 0.3) is 0 Å². The molecule has 2 aliphatic heterocycles. The van der Waals surface area contributed by atoms with Crippen molar-refractivity contribution in [1.29, 1.82) is 5.26 Å². The second-order valence-corrected chi connectivity index (χ2v) is 10.7. The van der Waals surface area contributed by atoms with Gasteiger partial charge in [-0.1, -0.05) is 12.1 Å². The van der Waals surface area contributed by atoms with E-state index in [1.807, 2.05) is 24.3 Å². The van der Waals surface area contributed by atoms with E-state index in [1.54, 1.807) is 24.3 Å². The SMILES string of the molecule is N#Cc1ccc(N2CCCN(CC(=O)NCc3ccc(S(=O)(=O)N4CCOCC4)cc3)CC2)cc1. The highest BCUT2D eigenvalue weighted by Gasteiger charge is 2.26. The summed E-state index contributed by atoms with van der Waals surface area (Å²) in [6.07, 6.45) is 0.951. The van der Waals surface area contributed by atoms with Gasteiger partial charge in [-0.05, 0) is 48.4 Å². The number of nitriles is 1. The number of anilines is 1. The minimum atomic E-state index is -3.52. The summed E-state index contributed by atoms with van der Waals surface area (Å²) in [5.74, 6) is -0.0539. The number of benzene rings is 2. The molecule has 9 nitrogen and oxygen atoms in total. The van der Waals surface area contributed by atoms with Crippen LogP contribution in [-0.4, -0.2) is 82.6 Å². The number of nitrogens with zero attached hydrogens (tertiary/aromatic N) is 4. The molecular weight excluding hydrogens is 466 g/mol. The van der Waals surface area contributed by atoms with Gasteiger partial charge in [-0.3, -0.25) is 9.69 Å². The molecule has 0 spiro atoms. The Morgan fingerprint density at radius 1 is 0.943 bits per heavy atom. The van der Waals surface area contributed by atoms with Gasteiger partial charge in [-0.15, -0.1) is 0 Å². The van der Waals surface area contributed by atoms with Crippen LogP contribution in [0.5, 0.6) is 0 Å². The Hall–Kier alpha value is -2.97. The number of sulfonamides is 1. The smallest absolute Gasteiger partial charge is 0.243 e. The highest BCUT2D eigenvalue weighted by Crippen LogP contribution is 2.19. The van der Waals surface area contributed by atoms with Gasteiger partial charge >= 0.3 is 0 Å². The molecule has 2 aromatic rings. The van der Waals surface area contributed by atoms with Crippen LogP contribution in [0.3, 0.4) is 0 Å². The Kier molecular flexibility index (Phi) is 8.36. The van der Waals surface area contributed by atoms with E-state index < -0.39 is 10.0 Å². The van der Waals surface area contributed by atoms with Gasteiger partial charge in [-0.2, -0.15) is 9.57 Å². The number of nitrogens with one attached hydrogen (secondary N) is 1. The highest BCUT2D eigenvalue weighted by atomic mass is 32.2. The fraction of sp³-hybridized carbons (Fsp3) is 0.440. The first-order valence-corrected chi connectivity index (χ1v) is 13.3. The molecule has 0 atom stereocenters. The lowest BCUT2D eigenvalue weighted by atomic mass is 10.2. The summed E-state index contributed by atoms with van der Waals surface area (Å²) in [5, 5.41) is 11.9. The number of morpholine rings is 1. The predicted molar refractivity (Wildman–Crippen MR) is 132 cm³/mol. The summed E-state index contributed by atoms with van der Waals surface area (Å²) < 4.78 is 32.1. The Balaban J connectivity index is 1.24. The fourth-order valence-electron chi connectivity index (χ4n) is 4.31. The summed E-state index contributed by atoms with van der Waals surface area (Å²) in [5.41, 5.74) is 2.59. The molecule has 10 heteroatoms. The van der Waals surface area contributed by atoms with Crippen molar-refractivity contribution >= 4 is 21.6 Å². The number of ether oxygens (including phenoxy) is 1. The van der Waals surface area contributed by atoms with Crippen LogP contribution in [0.2, 0.25) is 0 Å². The molecule has 1 amide bonds. The summed E-state index contributed by atoms with van der Waals surface area (Å²) in [7, 11) is -3.52. The van der Waals surface area contributed by atoms with E-state index in [4.69, 9.17) is 10.00 Å². The minimum absolute atomic E-state index is 0.0539. The van der Waals surface area contributed by atoms with E-state index in [2.05, 4.69) is 21.2 Å². The summed E-state index contributed by atoms with van der Waals surface area (Å²) >= 11 is 0. The number of carbonyl (C=O) groups is 1. The highest BCUT2D eigenvalue weighted by molar-refractivity contribution is 7.89. The molecule has 2 aromatic carbocycles. The Bertz CT molecular complexity index is 1140. The summed E-state index contributed by atoms with van der Waals surface area (Å²) in [6, 6.07) is 16.4. The van der Waals surface area contributed by atoms with Crippen LogP contribution in [0.15, 0.2) is 53.4 Å². The third kappa shape index (κ3) is 6.58. The normalized spacial score (nSPS) is 18.0. The van der Waals surface area contributed by atoms with Crippen molar-refractivity contribution in [1.82, 2.24) is 14.5 Å². The van der Waals surface area contributed by atoms with Gasteiger partial charge < -0.3 is 15.0 Å². The quantitative estimate of drug-likeness (QED) is 0.617. The molecule has 2 fully saturated rings. The van der Waals surface area contributed by atoms with E-state index in [0.717, 1.165) is 43.9 Å². The molecule has 2 aliphatic rings. The van der Waals surface area contributed by atoms with E-state index in [9.17, 15) is 13.2 Å². The fourth-order valence-corrected chi connectivity index (χ4v) is 5.72. The first-order chi connectivity index (χ1) is 17.0. The zero-order chi connectivity index (χ0) is 24.7. The van der Waals surface area contributed by atoms with Gasteiger partial charge in [0.05, 0.1) is 36.3 Å². The molecule has 1 N–H and O–H groups in total. The van der Waals surface area contributed by atoms with Gasteiger partial charge in [0.1, 0.15) is 0 Å². The first-order valence-electron chi connectivity index (χ1n) is 11.9. The first kappa shape index (κ1) is 25.1. The van der Waals surface area contributed by atoms with Crippen molar-refractivity contribution in [2.75, 3.05) is 63.9 Å². The molecule has 0 unspecified atom stereocenters. The molecule has 4 rings (SSSR count). The lowest BCUT2D eigenvalue weighted by Gasteiger charge is -2.26. The minimum Gasteiger partial charge on any atom is -0.379 e. The predicted octanol–water partition coefficient (Wildman–Crippen LogP) is 1.41. The maximum Gasteiger partial charge on any atom is 0.243 e. The van der Waals surface area contributed by atoms with Gasteiger partial charge in [-0.25, -0.2) is 8.42 Å². The number of amides is 1. The maximum atomic E-state index is 12.7. The Morgan fingerprint density at radius 3 is 2.34 bits per heavy atom. The second-order valence-electron chi connectivity index (χ2n) is 8.71. The Morgan fingerprint density at radius 2 is 1.66 bits per heavy atom. The molecule has 0 bridgehead atoms. The van der Waals surface area contributed by atoms with E-state index in [-0.39, 0.29) is 10.8 Å². The molecule has 35 heavy (non-hydrogen) atoms. The third-order valence-electron chi connectivity index (χ3n) is 6.34. The van der Waals surface area contributed by atoms with Crippen LogP contribution >= 0.6 is 0 Å². The van der Waals surface area contributed by atoms with E-state index in [0.29, 0.717) is 45.0 Å². The third-order valence-corrected chi connectivity index (χ3v) is 8.25. The van der Waals surface area contributed by atoms with Crippen LogP contribution in [0.1, 0.15) is 17.5 Å². The lowest BCUT2D eigenvalue weighted by Crippen LogP contribution is -2.40. The van der Waals surface area contributed by atoms with Gasteiger partial charge in [0.2, 0.25) is 15.9 Å². The van der Waals surface area contributed by atoms with Crippen molar-refractivity contribution < 1.29 is 17.9 Å². The second kappa shape index (κ2) is 11.6. The van der Waals surface area contributed by atoms with Crippen LogP contribution in [0, 0.1) is 11.3 Å². The molecule has 0 radical (unpaired) electrons. The van der Waals surface area contributed by atoms with Crippen LogP contribution < -0.4 is 10.2 Å². The van der Waals surface area contributed by atoms with Crippen molar-refractivity contribution in [3.05, 3.63) is 59.7 Å². The van der Waals surface area contributed by atoms with E-state index in [1.165, 1.54) is 4.31 Å². The molecule has 0 saturated carbocycles. The average Bonchev–Trinajstić information content (AvgIpc) is 3.14. The zero-order valence-corrected chi connectivity index (χ0v) is 20.5. The molecule has 2 heterocycles. The lowest BCUT2D eigenvalue weighted by molar-refractivity contribution is -0.122. The summed E-state index contributed by atoms with van der Waals surface area (Å²) in [6.45, 7) is 5.57. The van der Waals surface area contributed by atoms with Crippen molar-refractivity contribution in [3.63, 3.8) is 0 Å². The van der Waals surface area contributed by atoms with Gasteiger partial charge in [0.15, 0.2) is 0 Å². The largest absolute Gasteiger partial charge is 0.379 e. The molecule has 0 aliphatic carbocycles. The monoisotopic (exact) mass is 497 g/mol. The van der Waals surface area contributed by atoms with Crippen molar-refractivity contribution in [2.24, 2.45) is 0 Å². The molecule has 0 aromatic heterocycles. The Labute approximate surface area is 206 Å². The average molecular weight is 498 g/mol.